The molecule has 0 spiro atoms. The highest BCUT2D eigenvalue weighted by atomic mass is 16.7. The van der Waals surface area contributed by atoms with Crippen LogP contribution in [0.15, 0.2) is 54.7 Å². The predicted octanol–water partition coefficient (Wildman–Crippen LogP) is 2.67. The standard InChI is InChI=1S/C20H20N6O2/c1-2-4-16(5-3-1)25-8-10-26(11-9-25)20-23-19(13-21-24-20)22-15-6-7-17-18(12-15)28-14-27-17/h1-7,12-13H,8-11,14H2,(H,22,23,24). The third kappa shape index (κ3) is 3.36. The maximum Gasteiger partial charge on any atom is 0.247 e. The van der Waals surface area contributed by atoms with E-state index in [1.54, 1.807) is 6.20 Å². The average molecular weight is 376 g/mol. The highest BCUT2D eigenvalue weighted by Crippen LogP contribution is 2.34. The fraction of sp³-hybridized carbons (Fsp3) is 0.250. The number of fused-ring (bicyclic) bond motifs is 1. The molecule has 0 amide bonds. The van der Waals surface area contributed by atoms with E-state index < -0.39 is 0 Å². The van der Waals surface area contributed by atoms with Gasteiger partial charge >= 0.3 is 0 Å². The summed E-state index contributed by atoms with van der Waals surface area (Å²) in [7, 11) is 0. The van der Waals surface area contributed by atoms with Crippen molar-refractivity contribution in [3.63, 3.8) is 0 Å². The molecule has 2 aromatic carbocycles. The first-order valence-electron chi connectivity index (χ1n) is 9.26. The van der Waals surface area contributed by atoms with Crippen LogP contribution in [0.4, 0.5) is 23.1 Å². The van der Waals surface area contributed by atoms with Crippen LogP contribution in [0.2, 0.25) is 0 Å². The van der Waals surface area contributed by atoms with Gasteiger partial charge < -0.3 is 24.6 Å². The van der Waals surface area contributed by atoms with Crippen molar-refractivity contribution >= 4 is 23.1 Å². The number of hydrogen-bond acceptors (Lipinski definition) is 8. The maximum atomic E-state index is 5.42. The molecule has 3 aromatic rings. The first-order chi connectivity index (χ1) is 13.8. The highest BCUT2D eigenvalue weighted by Gasteiger charge is 2.20. The Bertz CT molecular complexity index is 960. The molecule has 0 bridgehead atoms. The topological polar surface area (TPSA) is 75.6 Å². The monoisotopic (exact) mass is 376 g/mol. The Labute approximate surface area is 162 Å². The van der Waals surface area contributed by atoms with E-state index in [-0.39, 0.29) is 6.79 Å². The van der Waals surface area contributed by atoms with Crippen LogP contribution in [-0.4, -0.2) is 48.2 Å². The summed E-state index contributed by atoms with van der Waals surface area (Å²) in [6, 6.07) is 16.2. The molecule has 5 rings (SSSR count). The van der Waals surface area contributed by atoms with Gasteiger partial charge in [-0.2, -0.15) is 10.1 Å². The highest BCUT2D eigenvalue weighted by molar-refractivity contribution is 5.62. The minimum atomic E-state index is 0.257. The zero-order valence-electron chi connectivity index (χ0n) is 15.3. The number of nitrogens with one attached hydrogen (secondary N) is 1. The van der Waals surface area contributed by atoms with Crippen LogP contribution in [0.1, 0.15) is 0 Å². The van der Waals surface area contributed by atoms with Crippen LogP contribution in [0, 0.1) is 0 Å². The van der Waals surface area contributed by atoms with E-state index >= 15 is 0 Å². The van der Waals surface area contributed by atoms with Gasteiger partial charge in [0.2, 0.25) is 12.7 Å². The van der Waals surface area contributed by atoms with E-state index in [0.29, 0.717) is 11.8 Å². The van der Waals surface area contributed by atoms with Crippen molar-refractivity contribution in [1.82, 2.24) is 15.2 Å². The Morgan fingerprint density at radius 1 is 0.857 bits per heavy atom. The average Bonchev–Trinajstić information content (AvgIpc) is 3.23. The van der Waals surface area contributed by atoms with Crippen LogP contribution in [-0.2, 0) is 0 Å². The fourth-order valence-electron chi connectivity index (χ4n) is 3.41. The molecule has 8 nitrogen and oxygen atoms in total. The van der Waals surface area contributed by atoms with Gasteiger partial charge in [0.15, 0.2) is 17.3 Å². The van der Waals surface area contributed by atoms with Gasteiger partial charge in [0.05, 0.1) is 6.20 Å². The summed E-state index contributed by atoms with van der Waals surface area (Å²) in [5.41, 5.74) is 2.11. The van der Waals surface area contributed by atoms with Crippen LogP contribution >= 0.6 is 0 Å². The molecule has 8 heteroatoms. The van der Waals surface area contributed by atoms with Crippen LogP contribution in [0.3, 0.4) is 0 Å². The SMILES string of the molecule is c1ccc(N2CCN(c3nncc(Nc4ccc5c(c4)OCO5)n3)CC2)cc1. The van der Waals surface area contributed by atoms with Crippen molar-refractivity contribution in [1.29, 1.82) is 0 Å². The number of aromatic nitrogens is 3. The number of rotatable bonds is 4. The molecule has 0 aliphatic carbocycles. The lowest BCUT2D eigenvalue weighted by Gasteiger charge is -2.35. The van der Waals surface area contributed by atoms with Crippen molar-refractivity contribution in [3.05, 3.63) is 54.7 Å². The van der Waals surface area contributed by atoms with Gasteiger partial charge in [-0.05, 0) is 24.3 Å². The van der Waals surface area contributed by atoms with Crippen molar-refractivity contribution in [2.75, 3.05) is 48.1 Å². The smallest absolute Gasteiger partial charge is 0.247 e. The molecule has 3 heterocycles. The molecule has 0 saturated carbocycles. The maximum absolute atomic E-state index is 5.42. The van der Waals surface area contributed by atoms with Gasteiger partial charge in [0.25, 0.3) is 0 Å². The molecule has 1 saturated heterocycles. The molecule has 28 heavy (non-hydrogen) atoms. The van der Waals surface area contributed by atoms with Crippen molar-refractivity contribution in [2.45, 2.75) is 0 Å². The molecule has 0 atom stereocenters. The van der Waals surface area contributed by atoms with Crippen molar-refractivity contribution in [3.8, 4) is 11.5 Å². The summed E-state index contributed by atoms with van der Waals surface area (Å²) < 4.78 is 10.8. The summed E-state index contributed by atoms with van der Waals surface area (Å²) in [5, 5.41) is 11.6. The Hall–Kier alpha value is -3.55. The number of anilines is 4. The molecule has 1 N–H and O–H groups in total. The molecule has 0 unspecified atom stereocenters. The van der Waals surface area contributed by atoms with Gasteiger partial charge in [-0.15, -0.1) is 5.10 Å². The second-order valence-electron chi connectivity index (χ2n) is 6.64. The minimum absolute atomic E-state index is 0.257. The molecular weight excluding hydrogens is 356 g/mol. The molecular formula is C20H20N6O2. The van der Waals surface area contributed by atoms with Gasteiger partial charge in [0.1, 0.15) is 0 Å². The first kappa shape index (κ1) is 16.6. The number of hydrogen-bond donors (Lipinski definition) is 1. The summed E-state index contributed by atoms with van der Waals surface area (Å²) >= 11 is 0. The molecule has 1 fully saturated rings. The fourth-order valence-corrected chi connectivity index (χ4v) is 3.41. The van der Waals surface area contributed by atoms with E-state index in [4.69, 9.17) is 9.47 Å². The molecule has 1 aromatic heterocycles. The van der Waals surface area contributed by atoms with Gasteiger partial charge in [-0.25, -0.2) is 0 Å². The van der Waals surface area contributed by atoms with E-state index in [2.05, 4.69) is 54.6 Å². The second-order valence-corrected chi connectivity index (χ2v) is 6.64. The number of para-hydroxylation sites is 1. The van der Waals surface area contributed by atoms with Crippen LogP contribution < -0.4 is 24.6 Å². The van der Waals surface area contributed by atoms with Gasteiger partial charge in [-0.3, -0.25) is 0 Å². The lowest BCUT2D eigenvalue weighted by Crippen LogP contribution is -2.47. The van der Waals surface area contributed by atoms with Crippen molar-refractivity contribution in [2.24, 2.45) is 0 Å². The summed E-state index contributed by atoms with van der Waals surface area (Å²) in [4.78, 5) is 9.17. The zero-order chi connectivity index (χ0) is 18.8. The number of piperazine rings is 1. The van der Waals surface area contributed by atoms with Crippen molar-refractivity contribution < 1.29 is 9.47 Å². The van der Waals surface area contributed by atoms with Crippen LogP contribution in [0.5, 0.6) is 11.5 Å². The normalized spacial score (nSPS) is 15.6. The van der Waals surface area contributed by atoms with E-state index in [1.165, 1.54) is 5.69 Å². The van der Waals surface area contributed by atoms with Gasteiger partial charge in [0, 0.05) is 43.6 Å². The Morgan fingerprint density at radius 3 is 2.50 bits per heavy atom. The molecule has 2 aliphatic heterocycles. The second kappa shape index (κ2) is 7.22. The molecule has 2 aliphatic rings. The quantitative estimate of drug-likeness (QED) is 0.745. The number of benzene rings is 2. The third-order valence-corrected chi connectivity index (χ3v) is 4.88. The largest absolute Gasteiger partial charge is 0.454 e. The third-order valence-electron chi connectivity index (χ3n) is 4.88. The summed E-state index contributed by atoms with van der Waals surface area (Å²) in [6.45, 7) is 3.81. The lowest BCUT2D eigenvalue weighted by molar-refractivity contribution is 0.174. The Balaban J connectivity index is 1.26. The van der Waals surface area contributed by atoms with E-state index in [1.807, 2.05) is 24.3 Å². The van der Waals surface area contributed by atoms with Crippen LogP contribution in [0.25, 0.3) is 0 Å². The number of nitrogens with zero attached hydrogens (tertiary/aromatic N) is 5. The number of ether oxygens (including phenoxy) is 2. The van der Waals surface area contributed by atoms with E-state index in [0.717, 1.165) is 43.4 Å². The minimum Gasteiger partial charge on any atom is -0.454 e. The summed E-state index contributed by atoms with van der Waals surface area (Å²) in [5.74, 6) is 2.76. The summed E-state index contributed by atoms with van der Waals surface area (Å²) in [6.07, 6.45) is 1.62. The molecule has 142 valence electrons. The molecule has 0 radical (unpaired) electrons. The predicted molar refractivity (Wildman–Crippen MR) is 107 cm³/mol. The van der Waals surface area contributed by atoms with Gasteiger partial charge in [-0.1, -0.05) is 18.2 Å². The Kier molecular flexibility index (Phi) is 4.29. The first-order valence-corrected chi connectivity index (χ1v) is 9.26. The Morgan fingerprint density at radius 2 is 1.64 bits per heavy atom. The lowest BCUT2D eigenvalue weighted by atomic mass is 10.2. The zero-order valence-corrected chi connectivity index (χ0v) is 15.3. The van der Waals surface area contributed by atoms with E-state index in [9.17, 15) is 0 Å².